The summed E-state index contributed by atoms with van der Waals surface area (Å²) in [5.41, 5.74) is 2.76. The molecule has 102 valence electrons. The van der Waals surface area contributed by atoms with E-state index in [0.29, 0.717) is 16.9 Å². The maximum Gasteiger partial charge on any atom is 0.155 e. The number of nitrogens with one attached hydrogen (secondary N) is 1. The van der Waals surface area contributed by atoms with Crippen LogP contribution in [0.25, 0.3) is 5.65 Å². The van der Waals surface area contributed by atoms with E-state index in [0.717, 1.165) is 22.5 Å². The molecule has 0 aromatic carbocycles. The summed E-state index contributed by atoms with van der Waals surface area (Å²) >= 11 is 3.40. The highest BCUT2D eigenvalue weighted by molar-refractivity contribution is 9.10. The molecule has 0 aliphatic heterocycles. The van der Waals surface area contributed by atoms with Crippen molar-refractivity contribution in [3.63, 3.8) is 0 Å². The summed E-state index contributed by atoms with van der Waals surface area (Å²) in [6.07, 6.45) is 5.65. The summed E-state index contributed by atoms with van der Waals surface area (Å²) < 4.78 is 2.90. The molecule has 1 N–H and O–H groups in total. The Hall–Kier alpha value is -0.940. The van der Waals surface area contributed by atoms with Gasteiger partial charge in [0.05, 0.1) is 18.1 Å². The van der Waals surface area contributed by atoms with Crippen LogP contribution < -0.4 is 5.32 Å². The van der Waals surface area contributed by atoms with E-state index >= 15 is 0 Å². The van der Waals surface area contributed by atoms with Gasteiger partial charge in [-0.2, -0.15) is 0 Å². The van der Waals surface area contributed by atoms with Gasteiger partial charge in [0.25, 0.3) is 0 Å². The first-order valence-electron chi connectivity index (χ1n) is 6.55. The third-order valence-electron chi connectivity index (χ3n) is 4.95. The van der Waals surface area contributed by atoms with Crippen LogP contribution in [0.1, 0.15) is 33.4 Å². The predicted molar refractivity (Wildman–Crippen MR) is 78.9 cm³/mol. The third-order valence-corrected chi connectivity index (χ3v) is 5.36. The first kappa shape index (κ1) is 13.1. The van der Waals surface area contributed by atoms with E-state index < -0.39 is 0 Å². The molecule has 2 heterocycles. The molecule has 0 unspecified atom stereocenters. The lowest BCUT2D eigenvalue weighted by atomic mass is 10.0. The van der Waals surface area contributed by atoms with Crippen molar-refractivity contribution >= 4 is 21.6 Å². The summed E-state index contributed by atoms with van der Waals surface area (Å²) in [5, 5.41) is 3.65. The normalized spacial score (nSPS) is 20.9. The second kappa shape index (κ2) is 4.03. The van der Waals surface area contributed by atoms with E-state index in [1.165, 1.54) is 0 Å². The summed E-state index contributed by atoms with van der Waals surface area (Å²) in [7, 11) is 0. The Bertz CT molecular complexity index is 615. The minimum absolute atomic E-state index is 0.357. The Labute approximate surface area is 121 Å². The fourth-order valence-electron chi connectivity index (χ4n) is 2.96. The molecule has 0 radical (unpaired) electrons. The lowest BCUT2D eigenvalue weighted by molar-refractivity contribution is 0.457. The molecule has 1 aliphatic rings. The zero-order valence-electron chi connectivity index (χ0n) is 11.7. The van der Waals surface area contributed by atoms with Crippen LogP contribution >= 0.6 is 15.9 Å². The van der Waals surface area contributed by atoms with Gasteiger partial charge in [-0.25, -0.2) is 9.97 Å². The van der Waals surface area contributed by atoms with Crippen molar-refractivity contribution in [1.29, 1.82) is 0 Å². The number of hydrogen-bond donors (Lipinski definition) is 1. The van der Waals surface area contributed by atoms with Gasteiger partial charge in [-0.3, -0.25) is 4.40 Å². The fraction of sp³-hybridized carbons (Fsp3) is 0.571. The van der Waals surface area contributed by atoms with E-state index in [-0.39, 0.29) is 0 Å². The molecule has 0 spiro atoms. The Morgan fingerprint density at radius 3 is 2.53 bits per heavy atom. The molecule has 0 saturated heterocycles. The molecule has 0 amide bonds. The van der Waals surface area contributed by atoms with Crippen molar-refractivity contribution in [3.8, 4) is 0 Å². The van der Waals surface area contributed by atoms with Crippen LogP contribution in [0.15, 0.2) is 23.2 Å². The van der Waals surface area contributed by atoms with E-state index in [1.54, 1.807) is 6.20 Å². The zero-order valence-corrected chi connectivity index (χ0v) is 13.3. The molecule has 0 atom stereocenters. The minimum Gasteiger partial charge on any atom is -0.307 e. The van der Waals surface area contributed by atoms with E-state index in [9.17, 15) is 0 Å². The summed E-state index contributed by atoms with van der Waals surface area (Å²) in [4.78, 5) is 8.56. The third kappa shape index (κ3) is 1.91. The SMILES string of the molecule is CC1(C)C(NCc2cnc3cnc(Br)cn23)C1(C)C. The van der Waals surface area contributed by atoms with E-state index in [4.69, 9.17) is 0 Å². The quantitative estimate of drug-likeness (QED) is 0.944. The molecule has 2 aromatic heterocycles. The maximum atomic E-state index is 4.37. The number of aromatic nitrogens is 3. The molecule has 1 saturated carbocycles. The molecule has 0 bridgehead atoms. The number of rotatable bonds is 3. The second-order valence-electron chi connectivity index (χ2n) is 6.45. The van der Waals surface area contributed by atoms with Crippen molar-refractivity contribution in [1.82, 2.24) is 19.7 Å². The molecule has 5 heteroatoms. The van der Waals surface area contributed by atoms with Crippen LogP contribution in [0.5, 0.6) is 0 Å². The zero-order chi connectivity index (χ0) is 13.8. The van der Waals surface area contributed by atoms with Gasteiger partial charge in [0, 0.05) is 18.8 Å². The second-order valence-corrected chi connectivity index (χ2v) is 7.26. The minimum atomic E-state index is 0.357. The number of fused-ring (bicyclic) bond motifs is 1. The summed E-state index contributed by atoms with van der Waals surface area (Å²) in [6.45, 7) is 10.1. The van der Waals surface area contributed by atoms with Crippen LogP contribution in [-0.2, 0) is 6.54 Å². The van der Waals surface area contributed by atoms with Crippen LogP contribution in [0.3, 0.4) is 0 Å². The first-order chi connectivity index (χ1) is 8.84. The lowest BCUT2D eigenvalue weighted by Crippen LogP contribution is -2.22. The molecule has 2 aromatic rings. The van der Waals surface area contributed by atoms with Gasteiger partial charge >= 0.3 is 0 Å². The highest BCUT2D eigenvalue weighted by atomic mass is 79.9. The van der Waals surface area contributed by atoms with Gasteiger partial charge in [0.15, 0.2) is 5.65 Å². The highest BCUT2D eigenvalue weighted by Gasteiger charge is 2.64. The van der Waals surface area contributed by atoms with Crippen molar-refractivity contribution < 1.29 is 0 Å². The standard InChI is InChI=1S/C14H19BrN4/c1-13(2)12(14(13,3)4)18-6-9-5-17-11-7-16-10(15)8-19(9)11/h5,7-8,12,18H,6H2,1-4H3. The highest BCUT2D eigenvalue weighted by Crippen LogP contribution is 2.62. The molecule has 1 fully saturated rings. The van der Waals surface area contributed by atoms with Gasteiger partial charge in [0.1, 0.15) is 4.60 Å². The van der Waals surface area contributed by atoms with Gasteiger partial charge < -0.3 is 5.32 Å². The summed E-state index contributed by atoms with van der Waals surface area (Å²) in [5.74, 6) is 0. The number of nitrogens with zero attached hydrogens (tertiary/aromatic N) is 3. The molecule has 1 aliphatic carbocycles. The Morgan fingerprint density at radius 1 is 1.21 bits per heavy atom. The first-order valence-corrected chi connectivity index (χ1v) is 7.34. The van der Waals surface area contributed by atoms with Gasteiger partial charge in [-0.05, 0) is 26.8 Å². The topological polar surface area (TPSA) is 42.2 Å². The Balaban J connectivity index is 1.78. The van der Waals surface area contributed by atoms with Crippen LogP contribution in [0.4, 0.5) is 0 Å². The smallest absolute Gasteiger partial charge is 0.155 e. The Morgan fingerprint density at radius 2 is 1.89 bits per heavy atom. The summed E-state index contributed by atoms with van der Waals surface area (Å²) in [6, 6.07) is 0.552. The monoisotopic (exact) mass is 322 g/mol. The van der Waals surface area contributed by atoms with Crippen LogP contribution in [0.2, 0.25) is 0 Å². The number of imidazole rings is 1. The number of halogens is 1. The molecule has 19 heavy (non-hydrogen) atoms. The van der Waals surface area contributed by atoms with Crippen molar-refractivity contribution in [2.24, 2.45) is 10.8 Å². The van der Waals surface area contributed by atoms with Crippen LogP contribution in [0, 0.1) is 10.8 Å². The van der Waals surface area contributed by atoms with Gasteiger partial charge in [0.2, 0.25) is 0 Å². The van der Waals surface area contributed by atoms with E-state index in [2.05, 4.69) is 63.3 Å². The van der Waals surface area contributed by atoms with Gasteiger partial charge in [-0.1, -0.05) is 27.7 Å². The van der Waals surface area contributed by atoms with Crippen molar-refractivity contribution in [2.75, 3.05) is 0 Å². The molecular formula is C14H19BrN4. The largest absolute Gasteiger partial charge is 0.307 e. The average molecular weight is 323 g/mol. The molecular weight excluding hydrogens is 304 g/mol. The predicted octanol–water partition coefficient (Wildman–Crippen LogP) is 3.02. The molecule has 3 rings (SSSR count). The fourth-order valence-corrected chi connectivity index (χ4v) is 3.27. The van der Waals surface area contributed by atoms with Crippen LogP contribution in [-0.4, -0.2) is 20.4 Å². The lowest BCUT2D eigenvalue weighted by Gasteiger charge is -2.06. The van der Waals surface area contributed by atoms with Crippen molar-refractivity contribution in [2.45, 2.75) is 40.3 Å². The maximum absolute atomic E-state index is 4.37. The Kier molecular flexibility index (Phi) is 2.77. The number of hydrogen-bond acceptors (Lipinski definition) is 3. The average Bonchev–Trinajstić information content (AvgIpc) is 2.64. The van der Waals surface area contributed by atoms with Crippen molar-refractivity contribution in [3.05, 3.63) is 28.9 Å². The van der Waals surface area contributed by atoms with E-state index in [1.807, 2.05) is 12.4 Å². The molecule has 4 nitrogen and oxygen atoms in total. The van der Waals surface area contributed by atoms with Gasteiger partial charge in [-0.15, -0.1) is 0 Å².